The molecule has 0 N–H and O–H groups in total. The largest absolute Gasteiger partial charge is 0.358 e. The van der Waals surface area contributed by atoms with Crippen LogP contribution >= 0.6 is 0 Å². The number of hydrogen-bond donors (Lipinski definition) is 0. The first kappa shape index (κ1) is 31.1. The molecule has 3 aliphatic rings. The molecule has 2 nitrogen and oxygen atoms in total. The van der Waals surface area contributed by atoms with Crippen LogP contribution in [0.15, 0.2) is 71.9 Å². The first-order valence-electron chi connectivity index (χ1n) is 18.0. The van der Waals surface area contributed by atoms with E-state index in [9.17, 15) is 0 Å². The van der Waals surface area contributed by atoms with Crippen LogP contribution in [-0.2, 0) is 5.54 Å². The second-order valence-electron chi connectivity index (χ2n) is 13.6. The molecule has 0 unspecified atom stereocenters. The van der Waals surface area contributed by atoms with E-state index >= 15 is 0 Å². The number of hydrogen-bond acceptors (Lipinski definition) is 2. The van der Waals surface area contributed by atoms with Crippen LogP contribution in [0.25, 0.3) is 5.70 Å². The van der Waals surface area contributed by atoms with Gasteiger partial charge in [-0.05, 0) is 37.2 Å². The molecule has 2 heteroatoms. The van der Waals surface area contributed by atoms with Crippen LogP contribution in [0.1, 0.15) is 152 Å². The van der Waals surface area contributed by atoms with Crippen molar-refractivity contribution in [1.29, 1.82) is 0 Å². The predicted molar refractivity (Wildman–Crippen MR) is 182 cm³/mol. The van der Waals surface area contributed by atoms with Crippen molar-refractivity contribution in [1.82, 2.24) is 4.90 Å². The van der Waals surface area contributed by atoms with Gasteiger partial charge in [-0.25, -0.2) is 0 Å². The van der Waals surface area contributed by atoms with Gasteiger partial charge in [-0.2, -0.15) is 0 Å². The summed E-state index contributed by atoms with van der Waals surface area (Å²) in [6.07, 6.45) is 35.3. The van der Waals surface area contributed by atoms with Crippen molar-refractivity contribution in [2.45, 2.75) is 153 Å². The summed E-state index contributed by atoms with van der Waals surface area (Å²) >= 11 is 0. The minimum Gasteiger partial charge on any atom is -0.358 e. The Morgan fingerprint density at radius 3 is 1.43 bits per heavy atom. The van der Waals surface area contributed by atoms with E-state index in [0.29, 0.717) is 12.0 Å². The summed E-state index contributed by atoms with van der Waals surface area (Å²) in [6, 6.07) is 23.1. The fraction of sp³-hybridized carbons (Fsp3) is 0.625. The van der Waals surface area contributed by atoms with Crippen molar-refractivity contribution in [2.24, 2.45) is 10.9 Å². The lowest BCUT2D eigenvalue weighted by Gasteiger charge is -2.52. The zero-order valence-corrected chi connectivity index (χ0v) is 26.5. The maximum absolute atomic E-state index is 5.38. The molecule has 0 radical (unpaired) electrons. The van der Waals surface area contributed by atoms with Crippen molar-refractivity contribution in [3.63, 3.8) is 0 Å². The third kappa shape index (κ3) is 8.39. The van der Waals surface area contributed by atoms with E-state index in [0.717, 1.165) is 5.70 Å². The maximum Gasteiger partial charge on any atom is 0.103 e. The van der Waals surface area contributed by atoms with E-state index in [4.69, 9.17) is 4.99 Å². The molecule has 2 fully saturated rings. The van der Waals surface area contributed by atoms with Gasteiger partial charge in [-0.15, -0.1) is 0 Å². The second kappa shape index (κ2) is 17.1. The SMILES string of the molecule is C1=NC(c2ccccc2)=CN(C2CCCCCCCCCCC2)[C@@]1(c1ccccc1)C1CCCCCCCCCCC1. The van der Waals surface area contributed by atoms with E-state index < -0.39 is 0 Å². The minimum absolute atomic E-state index is 0.175. The zero-order chi connectivity index (χ0) is 28.7. The van der Waals surface area contributed by atoms with Gasteiger partial charge in [-0.3, -0.25) is 4.99 Å². The lowest BCUT2D eigenvalue weighted by Crippen LogP contribution is -2.55. The van der Waals surface area contributed by atoms with Crippen LogP contribution in [-0.4, -0.2) is 17.2 Å². The molecule has 1 heterocycles. The third-order valence-electron chi connectivity index (χ3n) is 10.6. The van der Waals surface area contributed by atoms with E-state index in [1.165, 1.54) is 152 Å². The summed E-state index contributed by atoms with van der Waals surface area (Å²) in [4.78, 5) is 8.28. The van der Waals surface area contributed by atoms with E-state index in [1.54, 1.807) is 0 Å². The third-order valence-corrected chi connectivity index (χ3v) is 10.6. The van der Waals surface area contributed by atoms with E-state index in [1.807, 2.05) is 0 Å². The minimum atomic E-state index is -0.175. The van der Waals surface area contributed by atoms with Gasteiger partial charge in [0, 0.05) is 24.0 Å². The Bertz CT molecular complexity index is 1050. The molecule has 42 heavy (non-hydrogen) atoms. The normalized spacial score (nSPS) is 25.3. The van der Waals surface area contributed by atoms with Gasteiger partial charge in [0.25, 0.3) is 0 Å². The Hall–Kier alpha value is -2.35. The first-order valence-corrected chi connectivity index (χ1v) is 18.0. The Morgan fingerprint density at radius 1 is 0.500 bits per heavy atom. The monoisotopic (exact) mass is 566 g/mol. The standard InChI is InChI=1S/C40H58N2/c1-3-7-11-19-27-36(28-20-12-8-4-1)40(37-29-21-16-22-30-37)34-41-39(35-25-17-15-18-26-35)33-42(40)38-31-23-13-9-5-2-6-10-14-24-32-38/h15-18,21-22,25-26,29-30,33-34,36,38H,1-14,19-20,23-24,27-28,31-32H2/t40-/m1/s1. The summed E-state index contributed by atoms with van der Waals surface area (Å²) in [6.45, 7) is 0. The van der Waals surface area contributed by atoms with Crippen LogP contribution in [0.5, 0.6) is 0 Å². The first-order chi connectivity index (χ1) is 20.9. The highest BCUT2D eigenvalue weighted by Crippen LogP contribution is 2.46. The molecule has 0 aromatic heterocycles. The number of nitrogens with zero attached hydrogens (tertiary/aromatic N) is 2. The fourth-order valence-corrected chi connectivity index (χ4v) is 8.18. The highest BCUT2D eigenvalue weighted by Gasteiger charge is 2.46. The van der Waals surface area contributed by atoms with Crippen LogP contribution in [0, 0.1) is 5.92 Å². The number of aliphatic imine (C=N–C) groups is 1. The molecular formula is C40H58N2. The van der Waals surface area contributed by atoms with Gasteiger partial charge < -0.3 is 4.90 Å². The molecule has 0 bridgehead atoms. The van der Waals surface area contributed by atoms with Crippen molar-refractivity contribution in [3.05, 3.63) is 78.0 Å². The highest BCUT2D eigenvalue weighted by atomic mass is 15.2. The summed E-state index contributed by atoms with van der Waals surface area (Å²) in [5.74, 6) is 0.582. The molecule has 0 amide bonds. The number of rotatable bonds is 4. The van der Waals surface area contributed by atoms with Gasteiger partial charge in [0.05, 0.1) is 5.70 Å². The quantitative estimate of drug-likeness (QED) is 0.359. The molecule has 2 saturated carbocycles. The predicted octanol–water partition coefficient (Wildman–Crippen LogP) is 11.9. The molecular weight excluding hydrogens is 508 g/mol. The summed E-state index contributed by atoms with van der Waals surface area (Å²) in [5, 5.41) is 0. The Kier molecular flexibility index (Phi) is 12.6. The molecule has 2 aliphatic carbocycles. The lowest BCUT2D eigenvalue weighted by molar-refractivity contribution is 0.0729. The Balaban J connectivity index is 1.56. The van der Waals surface area contributed by atoms with Crippen molar-refractivity contribution < 1.29 is 0 Å². The molecule has 0 saturated heterocycles. The Morgan fingerprint density at radius 2 is 0.929 bits per heavy atom. The maximum atomic E-state index is 5.38. The highest BCUT2D eigenvalue weighted by molar-refractivity contribution is 5.84. The van der Waals surface area contributed by atoms with E-state index in [2.05, 4.69) is 78.0 Å². The number of benzene rings is 2. The average molecular weight is 567 g/mol. The molecule has 0 spiro atoms. The molecule has 2 aromatic rings. The van der Waals surface area contributed by atoms with Crippen LogP contribution < -0.4 is 0 Å². The van der Waals surface area contributed by atoms with Crippen molar-refractivity contribution >= 4 is 11.9 Å². The lowest BCUT2D eigenvalue weighted by atomic mass is 9.71. The topological polar surface area (TPSA) is 15.6 Å². The van der Waals surface area contributed by atoms with Crippen molar-refractivity contribution in [3.8, 4) is 0 Å². The molecule has 1 atom stereocenters. The van der Waals surface area contributed by atoms with Gasteiger partial charge >= 0.3 is 0 Å². The fourth-order valence-electron chi connectivity index (χ4n) is 8.18. The van der Waals surface area contributed by atoms with E-state index in [-0.39, 0.29) is 5.54 Å². The smallest absolute Gasteiger partial charge is 0.103 e. The summed E-state index contributed by atoms with van der Waals surface area (Å²) in [5.41, 5.74) is 3.67. The van der Waals surface area contributed by atoms with Gasteiger partial charge in [0.2, 0.25) is 0 Å². The van der Waals surface area contributed by atoms with Crippen LogP contribution in [0.2, 0.25) is 0 Å². The van der Waals surface area contributed by atoms with Gasteiger partial charge in [0.1, 0.15) is 5.54 Å². The molecule has 1 aliphatic heterocycles. The Labute approximate surface area is 258 Å². The van der Waals surface area contributed by atoms with Crippen LogP contribution in [0.3, 0.4) is 0 Å². The zero-order valence-electron chi connectivity index (χ0n) is 26.5. The average Bonchev–Trinajstić information content (AvgIpc) is 3.02. The summed E-state index contributed by atoms with van der Waals surface area (Å²) in [7, 11) is 0. The molecule has 228 valence electrons. The van der Waals surface area contributed by atoms with Gasteiger partial charge in [0.15, 0.2) is 0 Å². The molecule has 2 aromatic carbocycles. The van der Waals surface area contributed by atoms with Crippen LogP contribution in [0.4, 0.5) is 0 Å². The van der Waals surface area contributed by atoms with Gasteiger partial charge in [-0.1, -0.05) is 176 Å². The second-order valence-corrected chi connectivity index (χ2v) is 13.6. The molecule has 5 rings (SSSR count). The summed E-state index contributed by atoms with van der Waals surface area (Å²) < 4.78 is 0. The van der Waals surface area contributed by atoms with Crippen molar-refractivity contribution in [2.75, 3.05) is 0 Å².